The second kappa shape index (κ2) is 5.24. The van der Waals surface area contributed by atoms with Gasteiger partial charge in [0.25, 0.3) is 0 Å². The fourth-order valence-electron chi connectivity index (χ4n) is 3.61. The monoisotopic (exact) mass is 258 g/mol. The Morgan fingerprint density at radius 3 is 2.63 bits per heavy atom. The van der Waals surface area contributed by atoms with Gasteiger partial charge in [-0.25, -0.2) is 0 Å². The third-order valence-corrected chi connectivity index (χ3v) is 4.62. The molecule has 2 fully saturated rings. The lowest BCUT2D eigenvalue weighted by Crippen LogP contribution is -2.47. The van der Waals surface area contributed by atoms with Crippen molar-refractivity contribution in [3.8, 4) is 0 Å². The minimum Gasteiger partial charge on any atom is -0.399 e. The van der Waals surface area contributed by atoms with Crippen molar-refractivity contribution in [2.45, 2.75) is 50.5 Å². The molecule has 19 heavy (non-hydrogen) atoms. The van der Waals surface area contributed by atoms with Crippen LogP contribution >= 0.6 is 0 Å². The molecule has 3 nitrogen and oxygen atoms in total. The highest BCUT2D eigenvalue weighted by Crippen LogP contribution is 2.37. The largest absolute Gasteiger partial charge is 0.399 e. The van der Waals surface area contributed by atoms with Crippen LogP contribution in [0.15, 0.2) is 24.3 Å². The molecule has 1 aromatic rings. The number of anilines is 1. The number of nitrogens with two attached hydrogens (primary N) is 1. The van der Waals surface area contributed by atoms with E-state index >= 15 is 0 Å². The van der Waals surface area contributed by atoms with Gasteiger partial charge in [-0.05, 0) is 37.0 Å². The van der Waals surface area contributed by atoms with E-state index in [9.17, 15) is 4.79 Å². The highest BCUT2D eigenvalue weighted by Gasteiger charge is 2.36. The Labute approximate surface area is 114 Å². The molecule has 0 spiro atoms. The van der Waals surface area contributed by atoms with Crippen LogP contribution in [0, 0.1) is 0 Å². The Morgan fingerprint density at radius 2 is 1.84 bits per heavy atom. The van der Waals surface area contributed by atoms with Crippen LogP contribution in [0.25, 0.3) is 0 Å². The predicted molar refractivity (Wildman–Crippen MR) is 76.8 cm³/mol. The van der Waals surface area contributed by atoms with Crippen LogP contribution in [0.2, 0.25) is 0 Å². The Bertz CT molecular complexity index is 454. The van der Waals surface area contributed by atoms with Gasteiger partial charge in [-0.15, -0.1) is 0 Å². The molecular weight excluding hydrogens is 236 g/mol. The maximum Gasteiger partial charge on any atom is 0.222 e. The SMILES string of the molecule is Nc1ccc(C2CCC(=O)N3CCCCCC23)cc1. The van der Waals surface area contributed by atoms with E-state index in [1.807, 2.05) is 12.1 Å². The molecule has 2 heterocycles. The number of benzene rings is 1. The summed E-state index contributed by atoms with van der Waals surface area (Å²) in [5.41, 5.74) is 7.93. The van der Waals surface area contributed by atoms with E-state index in [2.05, 4.69) is 17.0 Å². The topological polar surface area (TPSA) is 46.3 Å². The van der Waals surface area contributed by atoms with Gasteiger partial charge in [-0.2, -0.15) is 0 Å². The molecule has 2 saturated heterocycles. The molecule has 3 rings (SSSR count). The van der Waals surface area contributed by atoms with E-state index < -0.39 is 0 Å². The van der Waals surface area contributed by atoms with Gasteiger partial charge in [0.2, 0.25) is 5.91 Å². The van der Waals surface area contributed by atoms with E-state index in [0.717, 1.165) is 31.5 Å². The van der Waals surface area contributed by atoms with Crippen LogP contribution in [0.5, 0.6) is 0 Å². The van der Waals surface area contributed by atoms with Crippen molar-refractivity contribution in [2.75, 3.05) is 12.3 Å². The van der Waals surface area contributed by atoms with Gasteiger partial charge < -0.3 is 10.6 Å². The summed E-state index contributed by atoms with van der Waals surface area (Å²) in [7, 11) is 0. The van der Waals surface area contributed by atoms with Crippen molar-refractivity contribution in [1.29, 1.82) is 0 Å². The fraction of sp³-hybridized carbons (Fsp3) is 0.562. The smallest absolute Gasteiger partial charge is 0.222 e. The summed E-state index contributed by atoms with van der Waals surface area (Å²) in [5.74, 6) is 0.856. The van der Waals surface area contributed by atoms with Crippen molar-refractivity contribution in [3.63, 3.8) is 0 Å². The lowest BCUT2D eigenvalue weighted by atomic mass is 9.81. The maximum atomic E-state index is 12.1. The minimum absolute atomic E-state index is 0.360. The highest BCUT2D eigenvalue weighted by molar-refractivity contribution is 5.77. The summed E-state index contributed by atoms with van der Waals surface area (Å²) in [5, 5.41) is 0. The first kappa shape index (κ1) is 12.5. The highest BCUT2D eigenvalue weighted by atomic mass is 16.2. The second-order valence-electron chi connectivity index (χ2n) is 5.82. The van der Waals surface area contributed by atoms with Crippen molar-refractivity contribution in [1.82, 2.24) is 4.90 Å². The summed E-state index contributed by atoms with van der Waals surface area (Å²) in [6.07, 6.45) is 6.52. The number of amides is 1. The standard InChI is InChI=1S/C16H22N2O/c17-13-7-5-12(6-8-13)14-9-10-16(19)18-11-3-1-2-4-15(14)18/h5-8,14-15H,1-4,9-11,17H2. The number of fused-ring (bicyclic) bond motifs is 1. The zero-order chi connectivity index (χ0) is 13.2. The first-order valence-corrected chi connectivity index (χ1v) is 7.40. The quantitative estimate of drug-likeness (QED) is 0.787. The normalized spacial score (nSPS) is 27.8. The van der Waals surface area contributed by atoms with Crippen LogP contribution in [0.3, 0.4) is 0 Å². The molecule has 2 atom stereocenters. The maximum absolute atomic E-state index is 12.1. The summed E-state index contributed by atoms with van der Waals surface area (Å²) in [4.78, 5) is 14.3. The predicted octanol–water partition coefficient (Wildman–Crippen LogP) is 2.92. The van der Waals surface area contributed by atoms with Crippen molar-refractivity contribution in [3.05, 3.63) is 29.8 Å². The van der Waals surface area contributed by atoms with Gasteiger partial charge in [0, 0.05) is 30.6 Å². The Kier molecular flexibility index (Phi) is 3.45. The average Bonchev–Trinajstić information content (AvgIpc) is 2.67. The summed E-state index contributed by atoms with van der Waals surface area (Å²) < 4.78 is 0. The number of carbonyl (C=O) groups is 1. The molecule has 0 bridgehead atoms. The molecule has 0 aliphatic carbocycles. The van der Waals surface area contributed by atoms with Gasteiger partial charge in [0.1, 0.15) is 0 Å². The van der Waals surface area contributed by atoms with Crippen molar-refractivity contribution < 1.29 is 4.79 Å². The van der Waals surface area contributed by atoms with Crippen LogP contribution in [0.1, 0.15) is 50.0 Å². The van der Waals surface area contributed by atoms with Crippen LogP contribution in [0.4, 0.5) is 5.69 Å². The molecule has 2 aliphatic rings. The molecule has 3 heteroatoms. The van der Waals surface area contributed by atoms with Gasteiger partial charge >= 0.3 is 0 Å². The molecule has 0 radical (unpaired) electrons. The van der Waals surface area contributed by atoms with Crippen LogP contribution in [-0.2, 0) is 4.79 Å². The molecule has 1 amide bonds. The molecule has 0 saturated carbocycles. The van der Waals surface area contributed by atoms with Gasteiger partial charge in [-0.1, -0.05) is 25.0 Å². The molecule has 0 aromatic heterocycles. The van der Waals surface area contributed by atoms with Gasteiger partial charge in [0.05, 0.1) is 0 Å². The zero-order valence-corrected chi connectivity index (χ0v) is 11.3. The first-order chi connectivity index (χ1) is 9.25. The van der Waals surface area contributed by atoms with E-state index in [1.54, 1.807) is 0 Å². The van der Waals surface area contributed by atoms with Gasteiger partial charge in [-0.3, -0.25) is 4.79 Å². The minimum atomic E-state index is 0.360. The summed E-state index contributed by atoms with van der Waals surface area (Å²) in [6, 6.07) is 8.64. The van der Waals surface area contributed by atoms with Crippen molar-refractivity contribution >= 4 is 11.6 Å². The van der Waals surface area contributed by atoms with Crippen molar-refractivity contribution in [2.24, 2.45) is 0 Å². The number of carbonyl (C=O) groups excluding carboxylic acids is 1. The number of rotatable bonds is 1. The molecule has 2 aliphatic heterocycles. The molecule has 1 aromatic carbocycles. The summed E-state index contributed by atoms with van der Waals surface area (Å²) >= 11 is 0. The molecule has 102 valence electrons. The molecule has 2 unspecified atom stereocenters. The molecular formula is C16H22N2O. The number of hydrogen-bond donors (Lipinski definition) is 1. The zero-order valence-electron chi connectivity index (χ0n) is 11.3. The Balaban J connectivity index is 1.87. The van der Waals surface area contributed by atoms with Crippen LogP contribution in [-0.4, -0.2) is 23.4 Å². The van der Waals surface area contributed by atoms with E-state index in [1.165, 1.54) is 18.4 Å². The van der Waals surface area contributed by atoms with E-state index in [0.29, 0.717) is 24.3 Å². The summed E-state index contributed by atoms with van der Waals surface area (Å²) in [6.45, 7) is 0.953. The number of nitrogens with zero attached hydrogens (tertiary/aromatic N) is 1. The first-order valence-electron chi connectivity index (χ1n) is 7.40. The van der Waals surface area contributed by atoms with E-state index in [-0.39, 0.29) is 0 Å². The fourth-order valence-corrected chi connectivity index (χ4v) is 3.61. The van der Waals surface area contributed by atoms with Crippen LogP contribution < -0.4 is 5.73 Å². The van der Waals surface area contributed by atoms with E-state index in [4.69, 9.17) is 5.73 Å². The lowest BCUT2D eigenvalue weighted by molar-refractivity contribution is -0.137. The third kappa shape index (κ3) is 2.46. The number of nitrogen functional groups attached to an aromatic ring is 1. The lowest BCUT2D eigenvalue weighted by Gasteiger charge is -2.40. The number of hydrogen-bond acceptors (Lipinski definition) is 2. The Morgan fingerprint density at radius 1 is 1.05 bits per heavy atom. The molecule has 2 N–H and O–H groups in total. The Hall–Kier alpha value is -1.51. The third-order valence-electron chi connectivity index (χ3n) is 4.62. The number of piperidine rings is 1. The average molecular weight is 258 g/mol. The van der Waals surface area contributed by atoms with Gasteiger partial charge in [0.15, 0.2) is 0 Å². The second-order valence-corrected chi connectivity index (χ2v) is 5.82.